The predicted molar refractivity (Wildman–Crippen MR) is 109 cm³/mol. The Bertz CT molecular complexity index is 1240. The average molecular weight is 444 g/mol. The Morgan fingerprint density at radius 3 is 2.71 bits per heavy atom. The van der Waals surface area contributed by atoms with Crippen LogP contribution in [0, 0.1) is 0 Å². The minimum Gasteiger partial charge on any atom is -0.474 e. The summed E-state index contributed by atoms with van der Waals surface area (Å²) in [5.41, 5.74) is 0.285. The molecular formula is C21H15F3N4O2S. The van der Waals surface area contributed by atoms with E-state index in [0.717, 1.165) is 15.8 Å². The summed E-state index contributed by atoms with van der Waals surface area (Å²) in [4.78, 5) is 9.65. The van der Waals surface area contributed by atoms with Crippen LogP contribution < -0.4 is 4.74 Å². The zero-order valence-electron chi connectivity index (χ0n) is 15.9. The molecule has 0 bridgehead atoms. The monoisotopic (exact) mass is 444 g/mol. The molecular weight excluding hydrogens is 429 g/mol. The quantitative estimate of drug-likeness (QED) is 0.445. The molecule has 2 aromatic carbocycles. The summed E-state index contributed by atoms with van der Waals surface area (Å²) < 4.78 is 49.9. The Morgan fingerprint density at radius 2 is 1.97 bits per heavy atom. The van der Waals surface area contributed by atoms with Gasteiger partial charge in [0.15, 0.2) is 0 Å². The molecule has 0 N–H and O–H groups in total. The first-order chi connectivity index (χ1) is 14.9. The van der Waals surface area contributed by atoms with E-state index in [9.17, 15) is 13.2 Å². The molecule has 1 aliphatic heterocycles. The highest BCUT2D eigenvalue weighted by Crippen LogP contribution is 2.37. The Kier molecular flexibility index (Phi) is 4.66. The number of alkyl halides is 3. The first kappa shape index (κ1) is 19.6. The minimum atomic E-state index is -4.73. The normalized spacial score (nSPS) is 18.7. The lowest BCUT2D eigenvalue weighted by molar-refractivity contribution is -0.274. The number of halogens is 3. The first-order valence-electron chi connectivity index (χ1n) is 9.31. The summed E-state index contributed by atoms with van der Waals surface area (Å²) in [7, 11) is 0. The van der Waals surface area contributed by atoms with Crippen molar-refractivity contribution < 1.29 is 22.6 Å². The van der Waals surface area contributed by atoms with Crippen LogP contribution in [0.5, 0.6) is 5.75 Å². The van der Waals surface area contributed by atoms with Crippen molar-refractivity contribution in [3.63, 3.8) is 0 Å². The molecule has 1 aliphatic rings. The Balaban J connectivity index is 1.51. The molecule has 31 heavy (non-hydrogen) atoms. The second-order valence-electron chi connectivity index (χ2n) is 7.05. The smallest absolute Gasteiger partial charge is 0.474 e. The van der Waals surface area contributed by atoms with Crippen molar-refractivity contribution in [3.8, 4) is 5.75 Å². The molecule has 0 fully saturated rings. The Hall–Kier alpha value is -3.40. The number of thiophene rings is 1. The van der Waals surface area contributed by atoms with E-state index in [0.29, 0.717) is 23.7 Å². The van der Waals surface area contributed by atoms with Gasteiger partial charge in [0.05, 0.1) is 11.4 Å². The van der Waals surface area contributed by atoms with Crippen LogP contribution in [-0.4, -0.2) is 33.6 Å². The standard InChI is InChI=1S/C21H15F3N4O2S/c22-21(23,24)30-16-7-6-14-8-18(31-17(14)9-16)19-27-20(11-29-19,10-28-13-25-12-26-28)15-4-2-1-3-5-15/h1-9,12-13H,10-11H2. The molecule has 5 rings (SSSR count). The molecule has 10 heteroatoms. The van der Waals surface area contributed by atoms with Gasteiger partial charge in [0, 0.05) is 4.70 Å². The fourth-order valence-electron chi connectivity index (χ4n) is 3.54. The molecule has 0 radical (unpaired) electrons. The van der Waals surface area contributed by atoms with Gasteiger partial charge in [0.1, 0.15) is 30.5 Å². The van der Waals surface area contributed by atoms with Crippen LogP contribution in [0.15, 0.2) is 72.2 Å². The summed E-state index contributed by atoms with van der Waals surface area (Å²) in [5.74, 6) is 0.191. The maximum Gasteiger partial charge on any atom is 0.573 e. The number of aliphatic imine (C=N–C) groups is 1. The summed E-state index contributed by atoms with van der Waals surface area (Å²) in [5, 5.41) is 4.99. The molecule has 4 aromatic rings. The molecule has 1 atom stereocenters. The van der Waals surface area contributed by atoms with E-state index in [1.807, 2.05) is 36.4 Å². The highest BCUT2D eigenvalue weighted by molar-refractivity contribution is 7.20. The van der Waals surface area contributed by atoms with Crippen LogP contribution in [0.2, 0.25) is 0 Å². The lowest BCUT2D eigenvalue weighted by Gasteiger charge is -2.24. The summed E-state index contributed by atoms with van der Waals surface area (Å²) in [6.45, 7) is 0.748. The van der Waals surface area contributed by atoms with Crippen molar-refractivity contribution in [2.45, 2.75) is 18.4 Å². The van der Waals surface area contributed by atoms with Gasteiger partial charge in [-0.15, -0.1) is 24.5 Å². The zero-order chi connectivity index (χ0) is 21.5. The number of nitrogens with zero attached hydrogens (tertiary/aromatic N) is 4. The van der Waals surface area contributed by atoms with Crippen molar-refractivity contribution in [2.24, 2.45) is 4.99 Å². The van der Waals surface area contributed by atoms with Gasteiger partial charge in [-0.05, 0) is 35.2 Å². The molecule has 6 nitrogen and oxygen atoms in total. The van der Waals surface area contributed by atoms with E-state index in [1.165, 1.54) is 29.8 Å². The van der Waals surface area contributed by atoms with E-state index in [-0.39, 0.29) is 5.75 Å². The zero-order valence-corrected chi connectivity index (χ0v) is 16.7. The SMILES string of the molecule is FC(F)(F)Oc1ccc2cc(C3=NC(Cn4cncn4)(c4ccccc4)CO3)sc2c1. The lowest BCUT2D eigenvalue weighted by atomic mass is 9.92. The third-order valence-corrected chi connectivity index (χ3v) is 5.99. The molecule has 0 amide bonds. The molecule has 2 aromatic heterocycles. The van der Waals surface area contributed by atoms with E-state index in [4.69, 9.17) is 9.73 Å². The van der Waals surface area contributed by atoms with Crippen molar-refractivity contribution in [3.05, 3.63) is 77.7 Å². The summed E-state index contributed by atoms with van der Waals surface area (Å²) in [6.07, 6.45) is -1.64. The molecule has 0 spiro atoms. The third kappa shape index (κ3) is 3.98. The molecule has 0 saturated heterocycles. The third-order valence-electron chi connectivity index (χ3n) is 4.90. The highest BCUT2D eigenvalue weighted by atomic mass is 32.1. The van der Waals surface area contributed by atoms with Crippen molar-refractivity contribution in [1.29, 1.82) is 0 Å². The van der Waals surface area contributed by atoms with Crippen molar-refractivity contribution in [1.82, 2.24) is 14.8 Å². The number of ether oxygens (including phenoxy) is 2. The van der Waals surface area contributed by atoms with E-state index < -0.39 is 11.9 Å². The van der Waals surface area contributed by atoms with Crippen LogP contribution in [0.4, 0.5) is 13.2 Å². The fourth-order valence-corrected chi connectivity index (χ4v) is 4.57. The van der Waals surface area contributed by atoms with Gasteiger partial charge in [0.2, 0.25) is 5.90 Å². The molecule has 0 aliphatic carbocycles. The minimum absolute atomic E-state index is 0.257. The van der Waals surface area contributed by atoms with Gasteiger partial charge >= 0.3 is 6.36 Å². The van der Waals surface area contributed by atoms with Crippen LogP contribution in [0.1, 0.15) is 10.4 Å². The number of hydrogen-bond acceptors (Lipinski definition) is 6. The van der Waals surface area contributed by atoms with Gasteiger partial charge in [-0.3, -0.25) is 4.68 Å². The Labute approximate surface area is 178 Å². The molecule has 158 valence electrons. The van der Waals surface area contributed by atoms with Gasteiger partial charge < -0.3 is 9.47 Å². The number of aromatic nitrogens is 3. The van der Waals surface area contributed by atoms with E-state index in [1.54, 1.807) is 17.1 Å². The maximum atomic E-state index is 12.5. The summed E-state index contributed by atoms with van der Waals surface area (Å²) in [6, 6.07) is 15.9. The molecule has 1 unspecified atom stereocenters. The second kappa shape index (κ2) is 7.38. The topological polar surface area (TPSA) is 61.5 Å². The van der Waals surface area contributed by atoms with Gasteiger partial charge in [-0.1, -0.05) is 30.3 Å². The van der Waals surface area contributed by atoms with Gasteiger partial charge in [0.25, 0.3) is 0 Å². The average Bonchev–Trinajstić information content (AvgIpc) is 3.47. The first-order valence-corrected chi connectivity index (χ1v) is 10.1. The van der Waals surface area contributed by atoms with Gasteiger partial charge in [-0.25, -0.2) is 9.98 Å². The predicted octanol–water partition coefficient (Wildman–Crippen LogP) is 4.76. The fraction of sp³-hybridized carbons (Fsp3) is 0.190. The van der Waals surface area contributed by atoms with Crippen LogP contribution in [0.3, 0.4) is 0 Å². The largest absolute Gasteiger partial charge is 0.573 e. The number of rotatable bonds is 5. The number of hydrogen-bond donors (Lipinski definition) is 0. The molecule has 0 saturated carbocycles. The van der Waals surface area contributed by atoms with Crippen LogP contribution in [0.25, 0.3) is 10.1 Å². The van der Waals surface area contributed by atoms with E-state index in [2.05, 4.69) is 14.8 Å². The van der Waals surface area contributed by atoms with Crippen molar-refractivity contribution >= 4 is 27.3 Å². The number of benzene rings is 2. The maximum absolute atomic E-state index is 12.5. The Morgan fingerprint density at radius 1 is 1.13 bits per heavy atom. The second-order valence-corrected chi connectivity index (χ2v) is 8.14. The summed E-state index contributed by atoms with van der Waals surface area (Å²) >= 11 is 1.30. The lowest BCUT2D eigenvalue weighted by Crippen LogP contribution is -2.31. The highest BCUT2D eigenvalue weighted by Gasteiger charge is 2.40. The van der Waals surface area contributed by atoms with Crippen molar-refractivity contribution in [2.75, 3.05) is 6.61 Å². The van der Waals surface area contributed by atoms with Crippen LogP contribution in [-0.2, 0) is 16.8 Å². The van der Waals surface area contributed by atoms with E-state index >= 15 is 0 Å². The van der Waals surface area contributed by atoms with Crippen LogP contribution >= 0.6 is 11.3 Å². The number of fused-ring (bicyclic) bond motifs is 1. The van der Waals surface area contributed by atoms with Gasteiger partial charge in [-0.2, -0.15) is 5.10 Å². The molecule has 3 heterocycles.